The molecule has 1 aromatic rings. The Bertz CT molecular complexity index is 794. The van der Waals surface area contributed by atoms with Crippen LogP contribution >= 0.6 is 11.8 Å². The number of amides is 2. The predicted octanol–water partition coefficient (Wildman–Crippen LogP) is 1.37. The van der Waals surface area contributed by atoms with E-state index in [0.717, 1.165) is 17.7 Å². The van der Waals surface area contributed by atoms with E-state index in [0.29, 0.717) is 12.8 Å². The Balaban J connectivity index is 1.53. The maximum Gasteiger partial charge on any atom is 0.237 e. The van der Waals surface area contributed by atoms with Gasteiger partial charge in [0.2, 0.25) is 11.8 Å². The summed E-state index contributed by atoms with van der Waals surface area (Å²) in [6, 6.07) is 7.71. The molecule has 0 radical (unpaired) electrons. The first-order valence-corrected chi connectivity index (χ1v) is 11.2. The molecule has 2 aliphatic heterocycles. The highest BCUT2D eigenvalue weighted by Gasteiger charge is 2.39. The third-order valence-corrected chi connectivity index (χ3v) is 7.79. The van der Waals surface area contributed by atoms with E-state index in [4.69, 9.17) is 0 Å². The van der Waals surface area contributed by atoms with Crippen molar-refractivity contribution in [1.29, 1.82) is 0 Å². The highest BCUT2D eigenvalue weighted by Crippen LogP contribution is 2.27. The number of carbonyl (C=O) groups excluding carboxylic acids is 2. The fraction of sp³-hybridized carbons (Fsp3) is 0.529. The van der Waals surface area contributed by atoms with Gasteiger partial charge in [-0.2, -0.15) is 0 Å². The van der Waals surface area contributed by atoms with Gasteiger partial charge < -0.3 is 10.6 Å². The van der Waals surface area contributed by atoms with Gasteiger partial charge in [-0.3, -0.25) is 9.59 Å². The predicted molar refractivity (Wildman–Crippen MR) is 99.5 cm³/mol. The number of sulfone groups is 1. The summed E-state index contributed by atoms with van der Waals surface area (Å²) in [5.74, 6) is -0.0727. The second kappa shape index (κ2) is 6.99. The molecule has 2 N–H and O–H groups in total. The summed E-state index contributed by atoms with van der Waals surface area (Å²) in [5, 5.41) is 5.45. The number of benzene rings is 1. The molecular formula is C17H22N2O4S2. The zero-order valence-electron chi connectivity index (χ0n) is 14.1. The summed E-state index contributed by atoms with van der Waals surface area (Å²) in [7, 11) is -3.06. The van der Waals surface area contributed by atoms with Crippen molar-refractivity contribution in [3.05, 3.63) is 29.8 Å². The Labute approximate surface area is 152 Å². The van der Waals surface area contributed by atoms with E-state index in [1.54, 1.807) is 6.92 Å². The lowest BCUT2D eigenvalue weighted by Gasteiger charge is -2.24. The number of hydrogen-bond donors (Lipinski definition) is 2. The quantitative estimate of drug-likeness (QED) is 0.820. The third-order valence-electron chi connectivity index (χ3n) is 4.60. The lowest BCUT2D eigenvalue weighted by atomic mass is 10.0. The van der Waals surface area contributed by atoms with Gasteiger partial charge in [-0.1, -0.05) is 18.2 Å². The SMILES string of the molecule is C[C@]1(NC(=O)CS[C@@H]2CCc3ccccc3NC2=O)CCS(=O)(=O)C1. The van der Waals surface area contributed by atoms with Gasteiger partial charge in [-0.05, 0) is 37.8 Å². The normalized spacial score (nSPS) is 27.9. The molecule has 2 heterocycles. The van der Waals surface area contributed by atoms with Gasteiger partial charge in [-0.15, -0.1) is 11.8 Å². The van der Waals surface area contributed by atoms with Crippen molar-refractivity contribution in [1.82, 2.24) is 5.32 Å². The van der Waals surface area contributed by atoms with Crippen molar-refractivity contribution in [2.45, 2.75) is 37.0 Å². The van der Waals surface area contributed by atoms with E-state index in [1.165, 1.54) is 11.8 Å². The van der Waals surface area contributed by atoms with E-state index in [9.17, 15) is 18.0 Å². The molecule has 3 rings (SSSR count). The Morgan fingerprint density at radius 3 is 2.88 bits per heavy atom. The molecule has 0 aliphatic carbocycles. The van der Waals surface area contributed by atoms with Gasteiger partial charge in [-0.25, -0.2) is 8.42 Å². The van der Waals surface area contributed by atoms with Crippen molar-refractivity contribution >= 4 is 39.1 Å². The molecular weight excluding hydrogens is 360 g/mol. The van der Waals surface area contributed by atoms with Crippen LogP contribution in [0.2, 0.25) is 0 Å². The average Bonchev–Trinajstić information content (AvgIpc) is 2.71. The number of aryl methyl sites for hydroxylation is 1. The van der Waals surface area contributed by atoms with E-state index in [-0.39, 0.29) is 34.3 Å². The molecule has 1 saturated heterocycles. The summed E-state index contributed by atoms with van der Waals surface area (Å²) in [5.41, 5.74) is 1.24. The first kappa shape index (κ1) is 18.3. The molecule has 0 bridgehead atoms. The van der Waals surface area contributed by atoms with Crippen molar-refractivity contribution in [3.8, 4) is 0 Å². The molecule has 1 aromatic carbocycles. The fourth-order valence-electron chi connectivity index (χ4n) is 3.31. The summed E-state index contributed by atoms with van der Waals surface area (Å²) in [4.78, 5) is 24.5. The molecule has 2 aliphatic rings. The van der Waals surface area contributed by atoms with Gasteiger partial charge in [0.05, 0.1) is 28.0 Å². The Kier molecular flexibility index (Phi) is 5.11. The van der Waals surface area contributed by atoms with Crippen LogP contribution in [0.25, 0.3) is 0 Å². The topological polar surface area (TPSA) is 92.3 Å². The molecule has 0 aromatic heterocycles. The van der Waals surface area contributed by atoms with Gasteiger partial charge in [0.15, 0.2) is 9.84 Å². The number of fused-ring (bicyclic) bond motifs is 1. The maximum atomic E-state index is 12.3. The van der Waals surface area contributed by atoms with Crippen molar-refractivity contribution in [3.63, 3.8) is 0 Å². The van der Waals surface area contributed by atoms with Crippen LogP contribution in [0.5, 0.6) is 0 Å². The van der Waals surface area contributed by atoms with Crippen LogP contribution in [-0.4, -0.2) is 48.3 Å². The highest BCUT2D eigenvalue weighted by molar-refractivity contribution is 8.01. The fourth-order valence-corrected chi connectivity index (χ4v) is 6.32. The number of hydrogen-bond acceptors (Lipinski definition) is 5. The van der Waals surface area contributed by atoms with Crippen LogP contribution in [-0.2, 0) is 25.8 Å². The number of nitrogens with one attached hydrogen (secondary N) is 2. The van der Waals surface area contributed by atoms with Crippen molar-refractivity contribution in [2.75, 3.05) is 22.6 Å². The van der Waals surface area contributed by atoms with Crippen LogP contribution in [0.4, 0.5) is 5.69 Å². The molecule has 2 atom stereocenters. The Morgan fingerprint density at radius 1 is 1.40 bits per heavy atom. The monoisotopic (exact) mass is 382 g/mol. The second-order valence-corrected chi connectivity index (χ2v) is 10.3. The highest BCUT2D eigenvalue weighted by atomic mass is 32.2. The first-order chi connectivity index (χ1) is 11.8. The molecule has 1 fully saturated rings. The van der Waals surface area contributed by atoms with Crippen LogP contribution in [0.1, 0.15) is 25.3 Å². The minimum atomic E-state index is -3.06. The van der Waals surface area contributed by atoms with Crippen LogP contribution in [0.15, 0.2) is 24.3 Å². The van der Waals surface area contributed by atoms with Crippen molar-refractivity contribution in [2.24, 2.45) is 0 Å². The minimum Gasteiger partial charge on any atom is -0.349 e. The maximum absolute atomic E-state index is 12.3. The van der Waals surface area contributed by atoms with E-state index in [2.05, 4.69) is 10.6 Å². The number of anilines is 1. The molecule has 0 spiro atoms. The van der Waals surface area contributed by atoms with Gasteiger partial charge in [0.1, 0.15) is 0 Å². The summed E-state index contributed by atoms with van der Waals surface area (Å²) >= 11 is 1.31. The summed E-state index contributed by atoms with van der Waals surface area (Å²) in [6.07, 6.45) is 1.89. The van der Waals surface area contributed by atoms with Crippen LogP contribution in [0, 0.1) is 0 Å². The van der Waals surface area contributed by atoms with E-state index >= 15 is 0 Å². The smallest absolute Gasteiger partial charge is 0.237 e. The zero-order valence-corrected chi connectivity index (χ0v) is 15.7. The molecule has 6 nitrogen and oxygen atoms in total. The third kappa shape index (κ3) is 4.55. The Hall–Kier alpha value is -1.54. The van der Waals surface area contributed by atoms with Crippen molar-refractivity contribution < 1.29 is 18.0 Å². The first-order valence-electron chi connectivity index (χ1n) is 8.28. The molecule has 0 unspecified atom stereocenters. The zero-order chi connectivity index (χ0) is 18.1. The molecule has 25 heavy (non-hydrogen) atoms. The molecule has 8 heteroatoms. The van der Waals surface area contributed by atoms with Crippen LogP contribution in [0.3, 0.4) is 0 Å². The summed E-state index contributed by atoms with van der Waals surface area (Å²) < 4.78 is 23.2. The number of para-hydroxylation sites is 1. The number of carbonyl (C=O) groups is 2. The van der Waals surface area contributed by atoms with Gasteiger partial charge >= 0.3 is 0 Å². The molecule has 136 valence electrons. The molecule has 0 saturated carbocycles. The molecule has 2 amide bonds. The lowest BCUT2D eigenvalue weighted by Crippen LogP contribution is -2.47. The van der Waals surface area contributed by atoms with Gasteiger partial charge in [0.25, 0.3) is 0 Å². The summed E-state index contributed by atoms with van der Waals surface area (Å²) in [6.45, 7) is 1.76. The Morgan fingerprint density at radius 2 is 2.16 bits per heavy atom. The standard InChI is InChI=1S/C17H22N2O4S2/c1-17(8-9-25(22,23)11-17)19-15(20)10-24-14-7-6-12-4-2-3-5-13(12)18-16(14)21/h2-5,14H,6-11H2,1H3,(H,18,21)(H,19,20)/t14-,17+/m1/s1. The lowest BCUT2D eigenvalue weighted by molar-refractivity contribution is -0.120. The van der Waals surface area contributed by atoms with Crippen LogP contribution < -0.4 is 10.6 Å². The number of thioether (sulfide) groups is 1. The van der Waals surface area contributed by atoms with E-state index in [1.807, 2.05) is 24.3 Å². The number of rotatable bonds is 4. The minimum absolute atomic E-state index is 0.0182. The van der Waals surface area contributed by atoms with Gasteiger partial charge in [0, 0.05) is 5.69 Å². The largest absolute Gasteiger partial charge is 0.349 e. The second-order valence-electron chi connectivity index (χ2n) is 6.94. The average molecular weight is 383 g/mol. The van der Waals surface area contributed by atoms with E-state index < -0.39 is 15.4 Å².